The fraction of sp³-hybridized carbons (Fsp3) is 0.783. The number of hydrogen-bond donors (Lipinski definition) is 3. The highest BCUT2D eigenvalue weighted by molar-refractivity contribution is 5.89. The number of fused-ring (bicyclic) bond motifs is 1. The highest BCUT2D eigenvalue weighted by Gasteiger charge is 2.52. The standard InChI is InChI=1S/C23H36O7/c1-11(2)13-8-9-15(14-7-6-12(3)10-16(13)14)23(27)30-22-18(25)17(24)20(28-4)19(26)21(22)29-5/h9-11,13-14,16-22,24-26H,6-8H2,1-5H3/t13-,14+,16-,17+,18+,19+,20-,21-,22+/m1/s1. The second-order valence-corrected chi connectivity index (χ2v) is 9.28. The van der Waals surface area contributed by atoms with Crippen molar-refractivity contribution in [3.05, 3.63) is 23.3 Å². The Hall–Kier alpha value is -1.25. The van der Waals surface area contributed by atoms with Crippen LogP contribution in [0.1, 0.15) is 40.0 Å². The van der Waals surface area contributed by atoms with E-state index in [-0.39, 0.29) is 11.8 Å². The van der Waals surface area contributed by atoms with Gasteiger partial charge in [-0.15, -0.1) is 0 Å². The van der Waals surface area contributed by atoms with E-state index in [1.165, 1.54) is 19.8 Å². The Morgan fingerprint density at radius 2 is 1.67 bits per heavy atom. The molecule has 1 fully saturated rings. The van der Waals surface area contributed by atoms with Gasteiger partial charge in [0.05, 0.1) is 0 Å². The SMILES string of the molecule is CO[C@@H]1[C@@H](O)[C@H](O)[C@H](OC(=O)C2=CC[C@H](C(C)C)[C@H]3C=C(C)CC[C@@H]23)[C@H](OC)[C@H]1O. The van der Waals surface area contributed by atoms with Gasteiger partial charge in [-0.05, 0) is 49.9 Å². The molecule has 0 unspecified atom stereocenters. The molecule has 0 bridgehead atoms. The van der Waals surface area contributed by atoms with Crippen LogP contribution in [0.4, 0.5) is 0 Å². The van der Waals surface area contributed by atoms with Gasteiger partial charge in [0.25, 0.3) is 0 Å². The Kier molecular flexibility index (Phi) is 7.40. The first-order chi connectivity index (χ1) is 14.2. The van der Waals surface area contributed by atoms with Crippen LogP contribution in [-0.2, 0) is 19.0 Å². The van der Waals surface area contributed by atoms with Crippen LogP contribution < -0.4 is 0 Å². The number of esters is 1. The van der Waals surface area contributed by atoms with Crippen molar-refractivity contribution in [1.29, 1.82) is 0 Å². The molecule has 3 aliphatic carbocycles. The van der Waals surface area contributed by atoms with E-state index >= 15 is 0 Å². The molecule has 1 saturated carbocycles. The lowest BCUT2D eigenvalue weighted by atomic mass is 9.64. The molecular formula is C23H36O7. The summed E-state index contributed by atoms with van der Waals surface area (Å²) >= 11 is 0. The van der Waals surface area contributed by atoms with Crippen LogP contribution in [0, 0.1) is 23.7 Å². The van der Waals surface area contributed by atoms with Gasteiger partial charge in [0, 0.05) is 19.8 Å². The predicted octanol–water partition coefficient (Wildman–Crippen LogP) is 1.60. The second kappa shape index (κ2) is 9.49. The molecule has 0 aromatic heterocycles. The first-order valence-electron chi connectivity index (χ1n) is 10.9. The average Bonchev–Trinajstić information content (AvgIpc) is 2.71. The number of methoxy groups -OCH3 is 2. The Labute approximate surface area is 178 Å². The van der Waals surface area contributed by atoms with Gasteiger partial charge in [0.15, 0.2) is 6.10 Å². The van der Waals surface area contributed by atoms with E-state index in [2.05, 4.69) is 26.8 Å². The fourth-order valence-electron chi connectivity index (χ4n) is 5.46. The molecule has 7 nitrogen and oxygen atoms in total. The lowest BCUT2D eigenvalue weighted by Gasteiger charge is -2.45. The monoisotopic (exact) mass is 424 g/mol. The number of aliphatic hydroxyl groups is 3. The van der Waals surface area contributed by atoms with Crippen molar-refractivity contribution in [3.63, 3.8) is 0 Å². The molecular weight excluding hydrogens is 388 g/mol. The number of hydrogen-bond acceptors (Lipinski definition) is 7. The number of allylic oxidation sites excluding steroid dienone is 3. The van der Waals surface area contributed by atoms with Crippen molar-refractivity contribution < 1.29 is 34.3 Å². The molecule has 3 rings (SSSR count). The van der Waals surface area contributed by atoms with Gasteiger partial charge in [-0.3, -0.25) is 0 Å². The molecule has 3 N–H and O–H groups in total. The van der Waals surface area contributed by atoms with Crippen LogP contribution in [0.2, 0.25) is 0 Å². The molecule has 0 aromatic rings. The smallest absolute Gasteiger partial charge is 0.334 e. The van der Waals surface area contributed by atoms with Gasteiger partial charge in [0.2, 0.25) is 0 Å². The van der Waals surface area contributed by atoms with Crippen molar-refractivity contribution in [3.8, 4) is 0 Å². The third kappa shape index (κ3) is 4.23. The third-order valence-corrected chi connectivity index (χ3v) is 7.19. The molecule has 9 atom stereocenters. The summed E-state index contributed by atoms with van der Waals surface area (Å²) in [5.74, 6) is 0.824. The Bertz CT molecular complexity index is 685. The Morgan fingerprint density at radius 1 is 1.03 bits per heavy atom. The number of carbonyl (C=O) groups is 1. The lowest BCUT2D eigenvalue weighted by Crippen LogP contribution is -2.65. The quantitative estimate of drug-likeness (QED) is 0.455. The first-order valence-corrected chi connectivity index (χ1v) is 10.9. The number of ether oxygens (including phenoxy) is 3. The summed E-state index contributed by atoms with van der Waals surface area (Å²) in [6.45, 7) is 6.57. The van der Waals surface area contributed by atoms with E-state index in [4.69, 9.17) is 14.2 Å². The molecule has 0 spiro atoms. The van der Waals surface area contributed by atoms with Gasteiger partial charge in [-0.25, -0.2) is 4.79 Å². The van der Waals surface area contributed by atoms with Crippen molar-refractivity contribution in [2.45, 2.75) is 76.7 Å². The summed E-state index contributed by atoms with van der Waals surface area (Å²) in [5, 5.41) is 31.4. The van der Waals surface area contributed by atoms with Gasteiger partial charge in [-0.1, -0.05) is 31.6 Å². The minimum absolute atomic E-state index is 0.0747. The maximum atomic E-state index is 13.2. The van der Waals surface area contributed by atoms with Crippen molar-refractivity contribution in [2.75, 3.05) is 14.2 Å². The molecule has 0 aliphatic heterocycles. The van der Waals surface area contributed by atoms with E-state index in [9.17, 15) is 20.1 Å². The summed E-state index contributed by atoms with van der Waals surface area (Å²) < 4.78 is 16.1. The van der Waals surface area contributed by atoms with Gasteiger partial charge >= 0.3 is 5.97 Å². The Morgan fingerprint density at radius 3 is 2.27 bits per heavy atom. The summed E-state index contributed by atoms with van der Waals surface area (Å²) in [6.07, 6.45) is -0.385. The number of rotatable bonds is 5. The zero-order chi connectivity index (χ0) is 22.2. The molecule has 0 radical (unpaired) electrons. The molecule has 7 heteroatoms. The normalized spacial score (nSPS) is 41.7. The molecule has 30 heavy (non-hydrogen) atoms. The van der Waals surface area contributed by atoms with Crippen molar-refractivity contribution in [1.82, 2.24) is 0 Å². The van der Waals surface area contributed by atoms with E-state index in [0.717, 1.165) is 19.3 Å². The second-order valence-electron chi connectivity index (χ2n) is 9.28. The molecule has 3 aliphatic rings. The minimum Gasteiger partial charge on any atom is -0.453 e. The maximum Gasteiger partial charge on any atom is 0.334 e. The zero-order valence-electron chi connectivity index (χ0n) is 18.5. The first kappa shape index (κ1) is 23.4. The highest BCUT2D eigenvalue weighted by atomic mass is 16.6. The number of aliphatic hydroxyl groups excluding tert-OH is 3. The summed E-state index contributed by atoms with van der Waals surface area (Å²) in [5.41, 5.74) is 1.98. The topological polar surface area (TPSA) is 105 Å². The summed E-state index contributed by atoms with van der Waals surface area (Å²) in [6, 6.07) is 0. The molecule has 170 valence electrons. The lowest BCUT2D eigenvalue weighted by molar-refractivity contribution is -0.242. The van der Waals surface area contributed by atoms with Crippen LogP contribution in [0.15, 0.2) is 23.3 Å². The van der Waals surface area contributed by atoms with Gasteiger partial charge < -0.3 is 29.5 Å². The van der Waals surface area contributed by atoms with E-state index in [0.29, 0.717) is 17.4 Å². The molecule has 0 amide bonds. The average molecular weight is 425 g/mol. The van der Waals surface area contributed by atoms with Crippen molar-refractivity contribution >= 4 is 5.97 Å². The van der Waals surface area contributed by atoms with Crippen LogP contribution in [0.25, 0.3) is 0 Å². The van der Waals surface area contributed by atoms with Crippen LogP contribution in [0.5, 0.6) is 0 Å². The van der Waals surface area contributed by atoms with Crippen LogP contribution >= 0.6 is 0 Å². The van der Waals surface area contributed by atoms with Gasteiger partial charge in [0.1, 0.15) is 30.5 Å². The van der Waals surface area contributed by atoms with Crippen LogP contribution in [0.3, 0.4) is 0 Å². The fourth-order valence-corrected chi connectivity index (χ4v) is 5.46. The minimum atomic E-state index is -1.43. The predicted molar refractivity (Wildman–Crippen MR) is 110 cm³/mol. The van der Waals surface area contributed by atoms with Crippen molar-refractivity contribution in [2.24, 2.45) is 23.7 Å². The zero-order valence-corrected chi connectivity index (χ0v) is 18.5. The number of carbonyl (C=O) groups excluding carboxylic acids is 1. The molecule has 0 saturated heterocycles. The largest absolute Gasteiger partial charge is 0.453 e. The summed E-state index contributed by atoms with van der Waals surface area (Å²) in [7, 11) is 2.70. The Balaban J connectivity index is 1.82. The van der Waals surface area contributed by atoms with E-state index in [1.54, 1.807) is 0 Å². The van der Waals surface area contributed by atoms with Crippen LogP contribution in [-0.4, -0.2) is 72.1 Å². The molecule has 0 heterocycles. The molecule has 0 aromatic carbocycles. The van der Waals surface area contributed by atoms with E-state index < -0.39 is 42.6 Å². The van der Waals surface area contributed by atoms with E-state index in [1.807, 2.05) is 6.08 Å². The third-order valence-electron chi connectivity index (χ3n) is 7.19. The van der Waals surface area contributed by atoms with Gasteiger partial charge in [-0.2, -0.15) is 0 Å². The maximum absolute atomic E-state index is 13.2. The highest BCUT2D eigenvalue weighted by Crippen LogP contribution is 2.46. The summed E-state index contributed by atoms with van der Waals surface area (Å²) in [4.78, 5) is 13.2.